The van der Waals surface area contributed by atoms with E-state index in [9.17, 15) is 5.11 Å². The van der Waals surface area contributed by atoms with Crippen LogP contribution >= 0.6 is 0 Å². The van der Waals surface area contributed by atoms with Gasteiger partial charge in [0.2, 0.25) is 5.95 Å². The van der Waals surface area contributed by atoms with Crippen molar-refractivity contribution >= 4 is 5.95 Å². The van der Waals surface area contributed by atoms with Crippen molar-refractivity contribution in [1.29, 1.82) is 0 Å². The summed E-state index contributed by atoms with van der Waals surface area (Å²) < 4.78 is 5.84. The van der Waals surface area contributed by atoms with E-state index < -0.39 is 0 Å². The molecule has 0 radical (unpaired) electrons. The Morgan fingerprint density at radius 1 is 1.18 bits per heavy atom. The van der Waals surface area contributed by atoms with Gasteiger partial charge in [-0.1, -0.05) is 6.07 Å². The molecule has 0 aliphatic carbocycles. The van der Waals surface area contributed by atoms with E-state index >= 15 is 0 Å². The van der Waals surface area contributed by atoms with Crippen molar-refractivity contribution in [2.24, 2.45) is 0 Å². The molecule has 0 atom stereocenters. The first kappa shape index (κ1) is 18.2. The van der Waals surface area contributed by atoms with Crippen molar-refractivity contribution in [2.75, 3.05) is 25.0 Å². The normalized spacial score (nSPS) is 14.0. The quantitative estimate of drug-likeness (QED) is 0.707. The number of fused-ring (bicyclic) bond motifs is 1. The molecule has 4 rings (SSSR count). The average molecular weight is 377 g/mol. The summed E-state index contributed by atoms with van der Waals surface area (Å²) in [5, 5.41) is 13.6. The minimum Gasteiger partial charge on any atom is -0.504 e. The van der Waals surface area contributed by atoms with Crippen LogP contribution < -0.4 is 10.1 Å². The molecule has 28 heavy (non-hydrogen) atoms. The monoisotopic (exact) mass is 377 g/mol. The van der Waals surface area contributed by atoms with Gasteiger partial charge in [-0.15, -0.1) is 0 Å². The van der Waals surface area contributed by atoms with Gasteiger partial charge in [-0.3, -0.25) is 9.88 Å². The first-order valence-corrected chi connectivity index (χ1v) is 9.39. The van der Waals surface area contributed by atoms with Gasteiger partial charge >= 0.3 is 0 Å². The molecule has 1 aliphatic rings. The summed E-state index contributed by atoms with van der Waals surface area (Å²) in [5.41, 5.74) is 3.89. The van der Waals surface area contributed by atoms with Crippen molar-refractivity contribution in [3.05, 3.63) is 60.2 Å². The molecule has 0 fully saturated rings. The third kappa shape index (κ3) is 4.04. The van der Waals surface area contributed by atoms with Gasteiger partial charge in [0, 0.05) is 67.7 Å². The van der Waals surface area contributed by atoms with Crippen LogP contribution in [0.25, 0.3) is 11.1 Å². The van der Waals surface area contributed by atoms with Gasteiger partial charge in [0.1, 0.15) is 6.61 Å². The molecule has 2 N–H and O–H groups in total. The molecule has 3 heterocycles. The standard InChI is InChI=1S/C21H23N5O2/c1-2-23-21-24-10-15(11-25-21)13-26-6-7-28-20-18(14-26)8-17(9-19(20)27)16-4-3-5-22-12-16/h3-5,8-12,27H,2,6-7,13-14H2,1H3,(H,23,24,25). The number of aromatic hydroxyl groups is 1. The largest absolute Gasteiger partial charge is 0.504 e. The lowest BCUT2D eigenvalue weighted by Gasteiger charge is -2.19. The predicted molar refractivity (Wildman–Crippen MR) is 107 cm³/mol. The first-order chi connectivity index (χ1) is 13.7. The van der Waals surface area contributed by atoms with E-state index in [0.29, 0.717) is 31.4 Å². The highest BCUT2D eigenvalue weighted by atomic mass is 16.5. The van der Waals surface area contributed by atoms with Crippen molar-refractivity contribution in [3.63, 3.8) is 0 Å². The van der Waals surface area contributed by atoms with Gasteiger partial charge in [0.05, 0.1) is 0 Å². The molecular formula is C21H23N5O2. The third-order valence-electron chi connectivity index (χ3n) is 4.64. The van der Waals surface area contributed by atoms with Crippen LogP contribution in [-0.2, 0) is 13.1 Å². The maximum atomic E-state index is 10.5. The zero-order chi connectivity index (χ0) is 19.3. The van der Waals surface area contributed by atoms with Gasteiger partial charge < -0.3 is 15.2 Å². The fraction of sp³-hybridized carbons (Fsp3) is 0.286. The van der Waals surface area contributed by atoms with E-state index in [1.165, 1.54) is 0 Å². The maximum absolute atomic E-state index is 10.5. The second-order valence-electron chi connectivity index (χ2n) is 6.73. The van der Waals surface area contributed by atoms with Crippen LogP contribution in [0, 0.1) is 0 Å². The van der Waals surface area contributed by atoms with E-state index in [1.54, 1.807) is 18.5 Å². The van der Waals surface area contributed by atoms with Gasteiger partial charge in [0.25, 0.3) is 0 Å². The Labute approximate surface area is 164 Å². The number of anilines is 1. The summed E-state index contributed by atoms with van der Waals surface area (Å²) in [5.74, 6) is 1.37. The smallest absolute Gasteiger partial charge is 0.222 e. The van der Waals surface area contributed by atoms with Crippen LogP contribution in [0.4, 0.5) is 5.95 Å². The summed E-state index contributed by atoms with van der Waals surface area (Å²) in [6, 6.07) is 7.67. The number of rotatable bonds is 5. The van der Waals surface area contributed by atoms with E-state index in [-0.39, 0.29) is 5.75 Å². The second-order valence-corrected chi connectivity index (χ2v) is 6.73. The van der Waals surface area contributed by atoms with Crippen molar-refractivity contribution in [1.82, 2.24) is 19.9 Å². The van der Waals surface area contributed by atoms with Crippen LogP contribution in [0.15, 0.2) is 49.1 Å². The van der Waals surface area contributed by atoms with Crippen LogP contribution in [0.1, 0.15) is 18.1 Å². The van der Waals surface area contributed by atoms with Gasteiger partial charge in [-0.05, 0) is 30.7 Å². The number of phenolic OH excluding ortho intramolecular Hbond substituents is 1. The zero-order valence-corrected chi connectivity index (χ0v) is 15.8. The van der Waals surface area contributed by atoms with Crippen molar-refractivity contribution < 1.29 is 9.84 Å². The Bertz CT molecular complexity index is 932. The number of nitrogens with zero attached hydrogens (tertiary/aromatic N) is 4. The Kier molecular flexibility index (Phi) is 5.34. The minimum absolute atomic E-state index is 0.163. The maximum Gasteiger partial charge on any atom is 0.222 e. The highest BCUT2D eigenvalue weighted by Crippen LogP contribution is 2.37. The van der Waals surface area contributed by atoms with E-state index in [0.717, 1.165) is 35.3 Å². The van der Waals surface area contributed by atoms with Gasteiger partial charge in [0.15, 0.2) is 11.5 Å². The highest BCUT2D eigenvalue weighted by Gasteiger charge is 2.20. The SMILES string of the molecule is CCNc1ncc(CN2CCOc3c(O)cc(-c4cccnc4)cc3C2)cn1. The average Bonchev–Trinajstić information content (AvgIpc) is 2.92. The molecule has 3 aromatic rings. The Morgan fingerprint density at radius 2 is 2.04 bits per heavy atom. The van der Waals surface area contributed by atoms with Crippen LogP contribution in [-0.4, -0.2) is 44.7 Å². The Morgan fingerprint density at radius 3 is 2.79 bits per heavy atom. The molecule has 0 amide bonds. The summed E-state index contributed by atoms with van der Waals surface area (Å²) in [7, 11) is 0. The topological polar surface area (TPSA) is 83.4 Å². The van der Waals surface area contributed by atoms with Gasteiger partial charge in [-0.2, -0.15) is 0 Å². The number of aromatic nitrogens is 3. The summed E-state index contributed by atoms with van der Waals surface area (Å²) in [6.07, 6.45) is 7.23. The predicted octanol–water partition coefficient (Wildman–Crippen LogP) is 3.07. The number of ether oxygens (including phenoxy) is 1. The second kappa shape index (κ2) is 8.22. The summed E-state index contributed by atoms with van der Waals surface area (Å²) >= 11 is 0. The fourth-order valence-corrected chi connectivity index (χ4v) is 3.33. The lowest BCUT2D eigenvalue weighted by atomic mass is 10.0. The molecule has 1 aliphatic heterocycles. The zero-order valence-electron chi connectivity index (χ0n) is 15.8. The van der Waals surface area contributed by atoms with Crippen LogP contribution in [0.5, 0.6) is 11.5 Å². The molecule has 2 aromatic heterocycles. The molecule has 0 saturated heterocycles. The number of benzene rings is 1. The fourth-order valence-electron chi connectivity index (χ4n) is 3.33. The van der Waals surface area contributed by atoms with E-state index in [4.69, 9.17) is 4.74 Å². The molecule has 0 spiro atoms. The number of phenols is 1. The molecule has 144 valence electrons. The van der Waals surface area contributed by atoms with Crippen LogP contribution in [0.2, 0.25) is 0 Å². The molecule has 0 bridgehead atoms. The molecule has 1 aromatic carbocycles. The molecule has 0 unspecified atom stereocenters. The molecule has 0 saturated carbocycles. The summed E-state index contributed by atoms with van der Waals surface area (Å²) in [6.45, 7) is 5.47. The number of hydrogen-bond donors (Lipinski definition) is 2. The lowest BCUT2D eigenvalue weighted by molar-refractivity contribution is 0.217. The van der Waals surface area contributed by atoms with Crippen molar-refractivity contribution in [3.8, 4) is 22.6 Å². The van der Waals surface area contributed by atoms with Crippen LogP contribution in [0.3, 0.4) is 0 Å². The Hall–Kier alpha value is -3.19. The highest BCUT2D eigenvalue weighted by molar-refractivity contribution is 5.68. The number of hydrogen-bond acceptors (Lipinski definition) is 7. The lowest BCUT2D eigenvalue weighted by Crippen LogP contribution is -2.25. The minimum atomic E-state index is 0.163. The van der Waals surface area contributed by atoms with Crippen molar-refractivity contribution in [2.45, 2.75) is 20.0 Å². The summed E-state index contributed by atoms with van der Waals surface area (Å²) in [4.78, 5) is 15.1. The number of pyridine rings is 1. The molecule has 7 heteroatoms. The Balaban J connectivity index is 1.56. The molecule has 7 nitrogen and oxygen atoms in total. The number of nitrogens with one attached hydrogen (secondary N) is 1. The first-order valence-electron chi connectivity index (χ1n) is 9.39. The third-order valence-corrected chi connectivity index (χ3v) is 4.64. The molecular weight excluding hydrogens is 354 g/mol. The van der Waals surface area contributed by atoms with E-state index in [1.807, 2.05) is 31.5 Å². The van der Waals surface area contributed by atoms with Gasteiger partial charge in [-0.25, -0.2) is 9.97 Å². The van der Waals surface area contributed by atoms with E-state index in [2.05, 4.69) is 31.2 Å².